The number of hydrogen-bond acceptors (Lipinski definition) is 2. The zero-order valence-electron chi connectivity index (χ0n) is 12.0. The maximum absolute atomic E-state index is 13.9. The minimum atomic E-state index is -0.838. The van der Waals surface area contributed by atoms with Gasteiger partial charge in [0.2, 0.25) is 0 Å². The van der Waals surface area contributed by atoms with Crippen molar-refractivity contribution < 1.29 is 13.2 Å². The van der Waals surface area contributed by atoms with Crippen LogP contribution in [-0.2, 0) is 6.54 Å². The molecule has 1 atom stereocenters. The van der Waals surface area contributed by atoms with Gasteiger partial charge in [0, 0.05) is 37.8 Å². The lowest BCUT2D eigenvalue weighted by Gasteiger charge is -2.36. The Morgan fingerprint density at radius 3 is 2.73 bits per heavy atom. The average molecular weight is 306 g/mol. The molecule has 116 valence electrons. The largest absolute Gasteiger partial charge is 0.314 e. The molecule has 1 fully saturated rings. The second kappa shape index (κ2) is 6.50. The van der Waals surface area contributed by atoms with E-state index >= 15 is 0 Å². The molecule has 2 nitrogen and oxygen atoms in total. The van der Waals surface area contributed by atoms with E-state index in [9.17, 15) is 13.2 Å². The van der Waals surface area contributed by atoms with E-state index in [4.69, 9.17) is 0 Å². The van der Waals surface area contributed by atoms with E-state index < -0.39 is 11.6 Å². The van der Waals surface area contributed by atoms with Crippen molar-refractivity contribution in [3.63, 3.8) is 0 Å². The maximum atomic E-state index is 13.9. The van der Waals surface area contributed by atoms with Crippen molar-refractivity contribution in [1.29, 1.82) is 0 Å². The van der Waals surface area contributed by atoms with Crippen LogP contribution in [0.1, 0.15) is 17.2 Å². The first-order chi connectivity index (χ1) is 10.6. The summed E-state index contributed by atoms with van der Waals surface area (Å²) >= 11 is 0. The summed E-state index contributed by atoms with van der Waals surface area (Å²) in [6, 6.07) is 10.6. The van der Waals surface area contributed by atoms with Crippen LogP contribution < -0.4 is 5.32 Å². The summed E-state index contributed by atoms with van der Waals surface area (Å²) in [4.78, 5) is 2.04. The Hall–Kier alpha value is -1.85. The Morgan fingerprint density at radius 1 is 1.09 bits per heavy atom. The second-order valence-electron chi connectivity index (χ2n) is 5.46. The van der Waals surface area contributed by atoms with Gasteiger partial charge >= 0.3 is 0 Å². The van der Waals surface area contributed by atoms with E-state index in [1.165, 1.54) is 18.2 Å². The third-order valence-corrected chi connectivity index (χ3v) is 3.99. The van der Waals surface area contributed by atoms with Crippen molar-refractivity contribution in [3.8, 4) is 0 Å². The standard InChI is InChI=1S/C17H17F3N2/c18-14-5-1-3-12(9-14)16-10-21-7-8-22(16)11-13-4-2-6-15(19)17(13)20/h1-6,9,16,21H,7-8,10-11H2. The minimum absolute atomic E-state index is 0.0629. The molecule has 1 N–H and O–H groups in total. The molecule has 1 heterocycles. The van der Waals surface area contributed by atoms with Crippen LogP contribution in [0.15, 0.2) is 42.5 Å². The summed E-state index contributed by atoms with van der Waals surface area (Å²) in [5.74, 6) is -1.94. The molecule has 5 heteroatoms. The lowest BCUT2D eigenvalue weighted by atomic mass is 10.0. The molecule has 0 radical (unpaired) electrons. The molecule has 0 aromatic heterocycles. The smallest absolute Gasteiger partial charge is 0.163 e. The summed E-state index contributed by atoms with van der Waals surface area (Å²) in [6.07, 6.45) is 0. The summed E-state index contributed by atoms with van der Waals surface area (Å²) in [5.41, 5.74) is 1.16. The molecule has 0 aliphatic carbocycles. The monoisotopic (exact) mass is 306 g/mol. The first kappa shape index (κ1) is 15.1. The van der Waals surface area contributed by atoms with E-state index in [0.717, 1.165) is 18.2 Å². The molecule has 2 aromatic rings. The summed E-state index contributed by atoms with van der Waals surface area (Å²) < 4.78 is 40.7. The van der Waals surface area contributed by atoms with Crippen molar-refractivity contribution in [3.05, 3.63) is 71.0 Å². The molecule has 0 spiro atoms. The van der Waals surface area contributed by atoms with Gasteiger partial charge in [-0.25, -0.2) is 13.2 Å². The lowest BCUT2D eigenvalue weighted by molar-refractivity contribution is 0.151. The number of rotatable bonds is 3. The van der Waals surface area contributed by atoms with Crippen LogP contribution in [0.2, 0.25) is 0 Å². The van der Waals surface area contributed by atoms with Crippen LogP contribution in [0, 0.1) is 17.5 Å². The first-order valence-corrected chi connectivity index (χ1v) is 7.28. The molecule has 22 heavy (non-hydrogen) atoms. The van der Waals surface area contributed by atoms with Gasteiger partial charge in [-0.3, -0.25) is 4.90 Å². The summed E-state index contributed by atoms with van der Waals surface area (Å²) in [7, 11) is 0. The minimum Gasteiger partial charge on any atom is -0.314 e. The molecule has 1 aliphatic rings. The van der Waals surface area contributed by atoms with Crippen molar-refractivity contribution in [1.82, 2.24) is 10.2 Å². The van der Waals surface area contributed by atoms with E-state index in [1.807, 2.05) is 11.0 Å². The predicted molar refractivity (Wildman–Crippen MR) is 78.8 cm³/mol. The topological polar surface area (TPSA) is 15.3 Å². The fourth-order valence-electron chi connectivity index (χ4n) is 2.87. The van der Waals surface area contributed by atoms with Crippen LogP contribution in [0.4, 0.5) is 13.2 Å². The van der Waals surface area contributed by atoms with Crippen molar-refractivity contribution in [2.24, 2.45) is 0 Å². The second-order valence-corrected chi connectivity index (χ2v) is 5.46. The Labute approximate surface area is 127 Å². The van der Waals surface area contributed by atoms with Gasteiger partial charge in [-0.05, 0) is 23.8 Å². The molecular formula is C17H17F3N2. The quantitative estimate of drug-likeness (QED) is 0.936. The fourth-order valence-corrected chi connectivity index (χ4v) is 2.87. The van der Waals surface area contributed by atoms with E-state index in [1.54, 1.807) is 12.1 Å². The van der Waals surface area contributed by atoms with Gasteiger partial charge in [-0.1, -0.05) is 24.3 Å². The van der Waals surface area contributed by atoms with Crippen LogP contribution in [0.3, 0.4) is 0 Å². The van der Waals surface area contributed by atoms with Gasteiger partial charge < -0.3 is 5.32 Å². The molecular weight excluding hydrogens is 289 g/mol. The Morgan fingerprint density at radius 2 is 1.91 bits per heavy atom. The number of nitrogens with one attached hydrogen (secondary N) is 1. The Balaban J connectivity index is 1.85. The van der Waals surface area contributed by atoms with Gasteiger partial charge in [0.15, 0.2) is 11.6 Å². The third kappa shape index (κ3) is 3.15. The van der Waals surface area contributed by atoms with Crippen LogP contribution in [0.25, 0.3) is 0 Å². The van der Waals surface area contributed by atoms with Gasteiger partial charge in [0.1, 0.15) is 5.82 Å². The lowest BCUT2D eigenvalue weighted by Crippen LogP contribution is -2.45. The SMILES string of the molecule is Fc1cccc(C2CNCCN2Cc2cccc(F)c2F)c1. The molecule has 0 amide bonds. The zero-order valence-corrected chi connectivity index (χ0v) is 12.0. The highest BCUT2D eigenvalue weighted by Crippen LogP contribution is 2.25. The molecule has 0 bridgehead atoms. The molecule has 0 saturated carbocycles. The van der Waals surface area contributed by atoms with E-state index in [2.05, 4.69) is 5.32 Å². The van der Waals surface area contributed by atoms with E-state index in [0.29, 0.717) is 25.2 Å². The number of hydrogen-bond donors (Lipinski definition) is 1. The van der Waals surface area contributed by atoms with Gasteiger partial charge in [-0.15, -0.1) is 0 Å². The average Bonchev–Trinajstić information content (AvgIpc) is 2.52. The molecule has 1 aliphatic heterocycles. The number of benzene rings is 2. The van der Waals surface area contributed by atoms with Gasteiger partial charge in [0.25, 0.3) is 0 Å². The predicted octanol–water partition coefficient (Wildman–Crippen LogP) is 3.25. The highest BCUT2D eigenvalue weighted by atomic mass is 19.2. The molecule has 3 rings (SSSR count). The highest BCUT2D eigenvalue weighted by molar-refractivity contribution is 5.23. The zero-order chi connectivity index (χ0) is 15.5. The number of halogens is 3. The van der Waals surface area contributed by atoms with Crippen LogP contribution >= 0.6 is 0 Å². The van der Waals surface area contributed by atoms with Crippen molar-refractivity contribution in [2.45, 2.75) is 12.6 Å². The van der Waals surface area contributed by atoms with Gasteiger partial charge in [-0.2, -0.15) is 0 Å². The summed E-state index contributed by atoms with van der Waals surface area (Å²) in [6.45, 7) is 2.41. The summed E-state index contributed by atoms with van der Waals surface area (Å²) in [5, 5.41) is 3.26. The molecule has 2 aromatic carbocycles. The fraction of sp³-hybridized carbons (Fsp3) is 0.294. The number of piperazine rings is 1. The first-order valence-electron chi connectivity index (χ1n) is 7.28. The Bertz CT molecular complexity index is 660. The highest BCUT2D eigenvalue weighted by Gasteiger charge is 2.25. The van der Waals surface area contributed by atoms with Crippen molar-refractivity contribution in [2.75, 3.05) is 19.6 Å². The third-order valence-electron chi connectivity index (χ3n) is 3.99. The van der Waals surface area contributed by atoms with Gasteiger partial charge in [0.05, 0.1) is 0 Å². The number of nitrogens with zero attached hydrogens (tertiary/aromatic N) is 1. The molecule has 1 saturated heterocycles. The van der Waals surface area contributed by atoms with E-state index in [-0.39, 0.29) is 11.9 Å². The maximum Gasteiger partial charge on any atom is 0.163 e. The van der Waals surface area contributed by atoms with Crippen LogP contribution in [-0.4, -0.2) is 24.5 Å². The van der Waals surface area contributed by atoms with Crippen LogP contribution in [0.5, 0.6) is 0 Å². The molecule has 1 unspecified atom stereocenters. The Kier molecular flexibility index (Phi) is 4.45. The normalized spacial score (nSPS) is 19.3. The van der Waals surface area contributed by atoms with Crippen molar-refractivity contribution >= 4 is 0 Å².